The Hall–Kier alpha value is -1.72. The summed E-state index contributed by atoms with van der Waals surface area (Å²) in [5.74, 6) is 1.93. The van der Waals surface area contributed by atoms with Crippen molar-refractivity contribution < 1.29 is 4.52 Å². The first-order valence-electron chi connectivity index (χ1n) is 7.14. The largest absolute Gasteiger partial charge is 0.338 e. The molecular formula is C15H20N4O. The molecule has 3 rings (SSSR count). The number of hydrogen-bond donors (Lipinski definition) is 1. The summed E-state index contributed by atoms with van der Waals surface area (Å²) in [5.41, 5.74) is 6.92. The van der Waals surface area contributed by atoms with Gasteiger partial charge in [0.1, 0.15) is 0 Å². The lowest BCUT2D eigenvalue weighted by molar-refractivity contribution is 0.198. The van der Waals surface area contributed by atoms with E-state index < -0.39 is 0 Å². The van der Waals surface area contributed by atoms with Gasteiger partial charge < -0.3 is 10.3 Å². The molecule has 1 aromatic heterocycles. The van der Waals surface area contributed by atoms with E-state index in [2.05, 4.69) is 45.4 Å². The molecule has 0 aliphatic carbocycles. The van der Waals surface area contributed by atoms with Gasteiger partial charge in [-0.05, 0) is 37.4 Å². The standard InChI is InChI=1S/C15H20N4O/c16-10-15-17-14(18-20-15)11-19-8-6-13(7-9-19)12-4-2-1-3-5-12/h1-5,13H,6-11,16H2. The predicted octanol–water partition coefficient (Wildman–Crippen LogP) is 1.91. The van der Waals surface area contributed by atoms with Gasteiger partial charge >= 0.3 is 0 Å². The van der Waals surface area contributed by atoms with E-state index in [1.54, 1.807) is 0 Å². The molecule has 5 heteroatoms. The lowest BCUT2D eigenvalue weighted by atomic mass is 9.89. The number of hydrogen-bond acceptors (Lipinski definition) is 5. The van der Waals surface area contributed by atoms with Crippen molar-refractivity contribution in [1.29, 1.82) is 0 Å². The number of piperidine rings is 1. The maximum atomic E-state index is 5.47. The molecule has 2 heterocycles. The number of likely N-dealkylation sites (tertiary alicyclic amines) is 1. The van der Waals surface area contributed by atoms with Gasteiger partial charge in [0.2, 0.25) is 5.89 Å². The number of rotatable bonds is 4. The Bertz CT molecular complexity index is 532. The van der Waals surface area contributed by atoms with Crippen LogP contribution in [0.1, 0.15) is 36.0 Å². The van der Waals surface area contributed by atoms with E-state index in [4.69, 9.17) is 10.3 Å². The number of nitrogens with two attached hydrogens (primary N) is 1. The Balaban J connectivity index is 1.53. The molecule has 1 aromatic carbocycles. The molecule has 2 aromatic rings. The van der Waals surface area contributed by atoms with Crippen molar-refractivity contribution in [1.82, 2.24) is 15.0 Å². The second-order valence-electron chi connectivity index (χ2n) is 5.27. The normalized spacial score (nSPS) is 17.4. The smallest absolute Gasteiger partial charge is 0.240 e. The van der Waals surface area contributed by atoms with Crippen LogP contribution in [0.15, 0.2) is 34.9 Å². The Morgan fingerprint density at radius 2 is 1.95 bits per heavy atom. The van der Waals surface area contributed by atoms with Crippen LogP contribution in [0.2, 0.25) is 0 Å². The maximum absolute atomic E-state index is 5.47. The average molecular weight is 272 g/mol. The number of benzene rings is 1. The van der Waals surface area contributed by atoms with Gasteiger partial charge in [0.25, 0.3) is 0 Å². The zero-order valence-electron chi connectivity index (χ0n) is 11.5. The van der Waals surface area contributed by atoms with Crippen molar-refractivity contribution in [3.8, 4) is 0 Å². The van der Waals surface area contributed by atoms with Crippen LogP contribution in [-0.4, -0.2) is 28.1 Å². The van der Waals surface area contributed by atoms with Crippen molar-refractivity contribution in [3.63, 3.8) is 0 Å². The molecule has 0 unspecified atom stereocenters. The molecule has 1 fully saturated rings. The van der Waals surface area contributed by atoms with Crippen molar-refractivity contribution in [2.24, 2.45) is 5.73 Å². The van der Waals surface area contributed by atoms with Crippen molar-refractivity contribution in [3.05, 3.63) is 47.6 Å². The van der Waals surface area contributed by atoms with E-state index in [0.29, 0.717) is 18.4 Å². The summed E-state index contributed by atoms with van der Waals surface area (Å²) in [6.07, 6.45) is 2.37. The Labute approximate surface area is 118 Å². The molecule has 0 bridgehead atoms. The Morgan fingerprint density at radius 3 is 2.60 bits per heavy atom. The summed E-state index contributed by atoms with van der Waals surface area (Å²) in [4.78, 5) is 6.64. The molecule has 5 nitrogen and oxygen atoms in total. The first-order valence-corrected chi connectivity index (χ1v) is 7.14. The second kappa shape index (κ2) is 6.15. The summed E-state index contributed by atoms with van der Waals surface area (Å²) >= 11 is 0. The van der Waals surface area contributed by atoms with Crippen molar-refractivity contribution in [2.75, 3.05) is 13.1 Å². The number of nitrogens with zero attached hydrogens (tertiary/aromatic N) is 3. The molecule has 0 spiro atoms. The minimum absolute atomic E-state index is 0.309. The highest BCUT2D eigenvalue weighted by atomic mass is 16.5. The third-order valence-electron chi connectivity index (χ3n) is 3.91. The molecule has 0 amide bonds. The zero-order valence-corrected chi connectivity index (χ0v) is 11.5. The molecule has 0 atom stereocenters. The van der Waals surface area contributed by atoms with Crippen LogP contribution in [0.5, 0.6) is 0 Å². The van der Waals surface area contributed by atoms with E-state index in [-0.39, 0.29) is 0 Å². The van der Waals surface area contributed by atoms with Crippen LogP contribution >= 0.6 is 0 Å². The average Bonchev–Trinajstić information content (AvgIpc) is 2.97. The first-order chi connectivity index (χ1) is 9.85. The highest BCUT2D eigenvalue weighted by Crippen LogP contribution is 2.28. The van der Waals surface area contributed by atoms with Crippen LogP contribution in [0.4, 0.5) is 0 Å². The molecular weight excluding hydrogens is 252 g/mol. The zero-order chi connectivity index (χ0) is 13.8. The van der Waals surface area contributed by atoms with Gasteiger partial charge in [-0.2, -0.15) is 4.98 Å². The van der Waals surface area contributed by atoms with Crippen LogP contribution in [0.3, 0.4) is 0 Å². The first kappa shape index (κ1) is 13.3. The van der Waals surface area contributed by atoms with Gasteiger partial charge in [0.05, 0.1) is 13.1 Å². The van der Waals surface area contributed by atoms with Crippen molar-refractivity contribution in [2.45, 2.75) is 31.8 Å². The van der Waals surface area contributed by atoms with Gasteiger partial charge in [-0.25, -0.2) is 0 Å². The Morgan fingerprint density at radius 1 is 1.20 bits per heavy atom. The van der Waals surface area contributed by atoms with Gasteiger partial charge in [0, 0.05) is 0 Å². The topological polar surface area (TPSA) is 68.2 Å². The van der Waals surface area contributed by atoms with Crippen LogP contribution in [-0.2, 0) is 13.1 Å². The summed E-state index contributed by atoms with van der Waals surface area (Å²) in [6, 6.07) is 10.8. The summed E-state index contributed by atoms with van der Waals surface area (Å²) in [5, 5.41) is 3.95. The third kappa shape index (κ3) is 3.05. The van der Waals surface area contributed by atoms with E-state index >= 15 is 0 Å². The van der Waals surface area contributed by atoms with E-state index in [0.717, 1.165) is 25.5 Å². The van der Waals surface area contributed by atoms with Crippen molar-refractivity contribution >= 4 is 0 Å². The lowest BCUT2D eigenvalue weighted by Crippen LogP contribution is -2.32. The van der Waals surface area contributed by atoms with E-state index in [1.165, 1.54) is 18.4 Å². The molecule has 0 radical (unpaired) electrons. The molecule has 20 heavy (non-hydrogen) atoms. The van der Waals surface area contributed by atoms with Gasteiger partial charge in [-0.15, -0.1) is 0 Å². The minimum atomic E-state index is 0.309. The van der Waals surface area contributed by atoms with Gasteiger partial charge in [0.15, 0.2) is 5.82 Å². The predicted molar refractivity (Wildman–Crippen MR) is 75.9 cm³/mol. The molecule has 2 N–H and O–H groups in total. The van der Waals surface area contributed by atoms with Crippen LogP contribution in [0, 0.1) is 0 Å². The fraction of sp³-hybridized carbons (Fsp3) is 0.467. The van der Waals surface area contributed by atoms with Gasteiger partial charge in [-0.3, -0.25) is 4.90 Å². The number of aromatic nitrogens is 2. The van der Waals surface area contributed by atoms with Gasteiger partial charge in [-0.1, -0.05) is 35.5 Å². The Kier molecular flexibility index (Phi) is 4.08. The summed E-state index contributed by atoms with van der Waals surface area (Å²) in [6.45, 7) is 3.21. The molecule has 106 valence electrons. The quantitative estimate of drug-likeness (QED) is 0.920. The summed E-state index contributed by atoms with van der Waals surface area (Å²) in [7, 11) is 0. The second-order valence-corrected chi connectivity index (χ2v) is 5.27. The minimum Gasteiger partial charge on any atom is -0.338 e. The van der Waals surface area contributed by atoms with E-state index in [1.807, 2.05) is 0 Å². The summed E-state index contributed by atoms with van der Waals surface area (Å²) < 4.78 is 5.03. The fourth-order valence-corrected chi connectivity index (χ4v) is 2.79. The third-order valence-corrected chi connectivity index (χ3v) is 3.91. The monoisotopic (exact) mass is 272 g/mol. The van der Waals surface area contributed by atoms with Crippen LogP contribution in [0.25, 0.3) is 0 Å². The lowest BCUT2D eigenvalue weighted by Gasteiger charge is -2.31. The molecule has 1 aliphatic rings. The van der Waals surface area contributed by atoms with E-state index in [9.17, 15) is 0 Å². The molecule has 0 saturated carbocycles. The molecule has 1 saturated heterocycles. The molecule has 1 aliphatic heterocycles. The highest BCUT2D eigenvalue weighted by Gasteiger charge is 2.21. The maximum Gasteiger partial charge on any atom is 0.240 e. The highest BCUT2D eigenvalue weighted by molar-refractivity contribution is 5.20. The fourth-order valence-electron chi connectivity index (χ4n) is 2.79. The SMILES string of the molecule is NCc1nc(CN2CCC(c3ccccc3)CC2)no1. The van der Waals surface area contributed by atoms with Crippen LogP contribution < -0.4 is 5.73 Å².